The van der Waals surface area contributed by atoms with Gasteiger partial charge in [-0.2, -0.15) is 13.2 Å². The second-order valence-corrected chi connectivity index (χ2v) is 7.27. The highest BCUT2D eigenvalue weighted by atomic mass is 35.5. The van der Waals surface area contributed by atoms with Crippen molar-refractivity contribution in [2.75, 3.05) is 37.7 Å². The molecule has 0 bridgehead atoms. The SMILES string of the molecule is O=C(Cc1ccc(F)cc1)OCC(=O)N1CCN(c2ncc(C(F)(F)F)cc2Cl)CC1. The number of halogens is 5. The molecule has 1 amide bonds. The molecule has 0 saturated carbocycles. The van der Waals surface area contributed by atoms with Crippen LogP contribution in [0.15, 0.2) is 36.5 Å². The second kappa shape index (κ2) is 9.51. The number of anilines is 1. The molecule has 1 aliphatic rings. The van der Waals surface area contributed by atoms with Crippen molar-refractivity contribution in [3.63, 3.8) is 0 Å². The van der Waals surface area contributed by atoms with Crippen LogP contribution in [0.2, 0.25) is 5.02 Å². The van der Waals surface area contributed by atoms with E-state index in [0.717, 1.165) is 12.3 Å². The molecular formula is C20H18ClF4N3O3. The summed E-state index contributed by atoms with van der Waals surface area (Å²) in [5.74, 6) is -1.20. The summed E-state index contributed by atoms with van der Waals surface area (Å²) in [5, 5.41) is -0.121. The van der Waals surface area contributed by atoms with E-state index in [2.05, 4.69) is 4.98 Å². The van der Waals surface area contributed by atoms with Crippen LogP contribution >= 0.6 is 11.6 Å². The van der Waals surface area contributed by atoms with E-state index in [4.69, 9.17) is 16.3 Å². The predicted octanol–water partition coefficient (Wildman–Crippen LogP) is 3.33. The monoisotopic (exact) mass is 459 g/mol. The van der Waals surface area contributed by atoms with Gasteiger partial charge >= 0.3 is 12.1 Å². The van der Waals surface area contributed by atoms with Gasteiger partial charge in [0.2, 0.25) is 0 Å². The van der Waals surface area contributed by atoms with Crippen LogP contribution in [0.25, 0.3) is 0 Å². The van der Waals surface area contributed by atoms with E-state index in [0.29, 0.717) is 18.7 Å². The van der Waals surface area contributed by atoms with Gasteiger partial charge in [0.05, 0.1) is 17.0 Å². The van der Waals surface area contributed by atoms with Crippen molar-refractivity contribution in [2.24, 2.45) is 0 Å². The number of rotatable bonds is 5. The Morgan fingerprint density at radius 3 is 2.32 bits per heavy atom. The number of nitrogens with zero attached hydrogens (tertiary/aromatic N) is 3. The van der Waals surface area contributed by atoms with Crippen LogP contribution in [0, 0.1) is 5.82 Å². The normalized spacial score (nSPS) is 14.5. The number of carbonyl (C=O) groups excluding carboxylic acids is 2. The topological polar surface area (TPSA) is 62.7 Å². The molecule has 31 heavy (non-hydrogen) atoms. The standard InChI is InChI=1S/C20H18ClF4N3O3/c21-16-10-14(20(23,24)25)11-26-19(16)28-7-5-27(6-8-28)17(29)12-31-18(30)9-13-1-3-15(22)4-2-13/h1-4,10-11H,5-9,12H2. The molecule has 0 aliphatic carbocycles. The van der Waals surface area contributed by atoms with Gasteiger partial charge in [-0.1, -0.05) is 23.7 Å². The summed E-state index contributed by atoms with van der Waals surface area (Å²) in [4.78, 5) is 31.1. The summed E-state index contributed by atoms with van der Waals surface area (Å²) in [5.41, 5.74) is -0.370. The molecule has 1 aromatic heterocycles. The zero-order valence-corrected chi connectivity index (χ0v) is 16.9. The van der Waals surface area contributed by atoms with Gasteiger partial charge in [0.25, 0.3) is 5.91 Å². The maximum atomic E-state index is 12.9. The zero-order chi connectivity index (χ0) is 22.6. The van der Waals surface area contributed by atoms with E-state index in [-0.39, 0.29) is 30.4 Å². The van der Waals surface area contributed by atoms with Crippen molar-refractivity contribution in [3.05, 3.63) is 58.5 Å². The molecule has 2 heterocycles. The van der Waals surface area contributed by atoms with Gasteiger partial charge in [-0.05, 0) is 23.8 Å². The van der Waals surface area contributed by atoms with Gasteiger partial charge in [0.15, 0.2) is 6.61 Å². The molecule has 1 saturated heterocycles. The van der Waals surface area contributed by atoms with E-state index >= 15 is 0 Å². The first kappa shape index (κ1) is 22.8. The number of amides is 1. The lowest BCUT2D eigenvalue weighted by atomic mass is 10.1. The van der Waals surface area contributed by atoms with Crippen molar-refractivity contribution < 1.29 is 31.9 Å². The minimum Gasteiger partial charge on any atom is -0.455 e. The number of benzene rings is 1. The summed E-state index contributed by atoms with van der Waals surface area (Å²) in [6.07, 6.45) is -3.90. The molecule has 166 valence electrons. The molecule has 0 radical (unpaired) electrons. The Labute approximate surface area is 180 Å². The molecule has 1 aliphatic heterocycles. The lowest BCUT2D eigenvalue weighted by Gasteiger charge is -2.35. The number of hydrogen-bond donors (Lipinski definition) is 0. The van der Waals surface area contributed by atoms with Crippen molar-refractivity contribution in [2.45, 2.75) is 12.6 Å². The minimum absolute atomic E-state index is 0.0839. The van der Waals surface area contributed by atoms with E-state index < -0.39 is 36.0 Å². The van der Waals surface area contributed by atoms with Crippen molar-refractivity contribution >= 4 is 29.3 Å². The Kier molecular flexibility index (Phi) is 6.99. The molecule has 1 aromatic carbocycles. The third-order valence-corrected chi connectivity index (χ3v) is 4.98. The molecule has 0 unspecified atom stereocenters. The second-order valence-electron chi connectivity index (χ2n) is 6.86. The van der Waals surface area contributed by atoms with Crippen LogP contribution in [0.1, 0.15) is 11.1 Å². The quantitative estimate of drug-likeness (QED) is 0.507. The Morgan fingerprint density at radius 2 is 1.74 bits per heavy atom. The first-order valence-electron chi connectivity index (χ1n) is 9.29. The van der Waals surface area contributed by atoms with Gasteiger partial charge < -0.3 is 14.5 Å². The number of esters is 1. The largest absolute Gasteiger partial charge is 0.455 e. The highest BCUT2D eigenvalue weighted by Crippen LogP contribution is 2.33. The van der Waals surface area contributed by atoms with Crippen molar-refractivity contribution in [3.8, 4) is 0 Å². The molecule has 2 aromatic rings. The lowest BCUT2D eigenvalue weighted by molar-refractivity contribution is -0.151. The molecule has 0 N–H and O–H groups in total. The molecular weight excluding hydrogens is 442 g/mol. The van der Waals surface area contributed by atoms with Gasteiger partial charge in [-0.15, -0.1) is 0 Å². The molecule has 6 nitrogen and oxygen atoms in total. The summed E-state index contributed by atoms with van der Waals surface area (Å²) < 4.78 is 56.1. The van der Waals surface area contributed by atoms with Gasteiger partial charge in [-0.3, -0.25) is 9.59 Å². The number of aromatic nitrogens is 1. The average molecular weight is 460 g/mol. The summed E-state index contributed by atoms with van der Waals surface area (Å²) in [7, 11) is 0. The first-order valence-corrected chi connectivity index (χ1v) is 9.67. The highest BCUT2D eigenvalue weighted by molar-refractivity contribution is 6.33. The number of pyridine rings is 1. The lowest BCUT2D eigenvalue weighted by Crippen LogP contribution is -2.50. The molecule has 11 heteroatoms. The molecule has 1 fully saturated rings. The van der Waals surface area contributed by atoms with Gasteiger partial charge in [0, 0.05) is 32.4 Å². The van der Waals surface area contributed by atoms with E-state index in [1.807, 2.05) is 0 Å². The summed E-state index contributed by atoms with van der Waals surface area (Å²) in [6.45, 7) is 0.737. The number of ether oxygens (including phenoxy) is 1. The summed E-state index contributed by atoms with van der Waals surface area (Å²) >= 11 is 5.96. The number of alkyl halides is 3. The maximum Gasteiger partial charge on any atom is 0.417 e. The van der Waals surface area contributed by atoms with Gasteiger partial charge in [0.1, 0.15) is 11.6 Å². The highest BCUT2D eigenvalue weighted by Gasteiger charge is 2.32. The van der Waals surface area contributed by atoms with Crippen LogP contribution < -0.4 is 4.90 Å². The smallest absolute Gasteiger partial charge is 0.417 e. The molecule has 3 rings (SSSR count). The fraction of sp³-hybridized carbons (Fsp3) is 0.350. The van der Waals surface area contributed by atoms with Crippen LogP contribution in [0.3, 0.4) is 0 Å². The Hall–Kier alpha value is -2.88. The Balaban J connectivity index is 1.47. The third-order valence-electron chi connectivity index (χ3n) is 4.70. The average Bonchev–Trinajstić information content (AvgIpc) is 2.73. The molecule has 0 atom stereocenters. The van der Waals surface area contributed by atoms with E-state index in [1.54, 1.807) is 4.90 Å². The first-order chi connectivity index (χ1) is 14.6. The fourth-order valence-corrected chi connectivity index (χ4v) is 3.33. The van der Waals surface area contributed by atoms with E-state index in [9.17, 15) is 27.2 Å². The zero-order valence-electron chi connectivity index (χ0n) is 16.2. The number of piperazine rings is 1. The summed E-state index contributed by atoms with van der Waals surface area (Å²) in [6, 6.07) is 6.19. The Bertz CT molecular complexity index is 946. The fourth-order valence-electron chi connectivity index (χ4n) is 3.04. The van der Waals surface area contributed by atoms with E-state index in [1.165, 1.54) is 29.2 Å². The minimum atomic E-state index is -4.53. The van der Waals surface area contributed by atoms with Crippen molar-refractivity contribution in [1.82, 2.24) is 9.88 Å². The van der Waals surface area contributed by atoms with Crippen molar-refractivity contribution in [1.29, 1.82) is 0 Å². The van der Waals surface area contributed by atoms with Crippen LogP contribution in [-0.4, -0.2) is 54.5 Å². The molecule has 0 spiro atoms. The van der Waals surface area contributed by atoms with Crippen LogP contribution in [-0.2, 0) is 26.9 Å². The number of carbonyl (C=O) groups is 2. The van der Waals surface area contributed by atoms with Crippen LogP contribution in [0.4, 0.5) is 23.4 Å². The van der Waals surface area contributed by atoms with Crippen LogP contribution in [0.5, 0.6) is 0 Å². The maximum absolute atomic E-state index is 12.9. The number of hydrogen-bond acceptors (Lipinski definition) is 5. The Morgan fingerprint density at radius 1 is 1.10 bits per heavy atom. The van der Waals surface area contributed by atoms with Gasteiger partial charge in [-0.25, -0.2) is 9.37 Å². The predicted molar refractivity (Wildman–Crippen MR) is 104 cm³/mol. The third kappa shape index (κ3) is 6.06.